The molecule has 0 spiro atoms. The van der Waals surface area contributed by atoms with E-state index in [0.717, 1.165) is 6.42 Å². The number of aliphatic hydroxyl groups is 1. The minimum Gasteiger partial charge on any atom is -0.516 e. The lowest BCUT2D eigenvalue weighted by Crippen LogP contribution is -1.82. The maximum atomic E-state index is 8.48. The third kappa shape index (κ3) is 15.5. The molecule has 18 heavy (non-hydrogen) atoms. The molecule has 1 heteroatoms. The molecule has 0 rings (SSSR count). The first kappa shape index (κ1) is 17.5. The Kier molecular flexibility index (Phi) is 16.1. The Hall–Kier alpha value is -0.460. The van der Waals surface area contributed by atoms with Crippen molar-refractivity contribution < 1.29 is 5.11 Å². The summed E-state index contributed by atoms with van der Waals surface area (Å²) in [7, 11) is 0. The highest BCUT2D eigenvalue weighted by atomic mass is 16.2. The summed E-state index contributed by atoms with van der Waals surface area (Å²) in [4.78, 5) is 0. The van der Waals surface area contributed by atoms with Crippen LogP contribution >= 0.6 is 0 Å². The minimum absolute atomic E-state index is 1.04. The summed E-state index contributed by atoms with van der Waals surface area (Å²) in [6, 6.07) is 0. The van der Waals surface area contributed by atoms with Crippen molar-refractivity contribution in [3.05, 3.63) is 12.3 Å². The van der Waals surface area contributed by atoms with Gasteiger partial charge >= 0.3 is 0 Å². The molecule has 0 aromatic carbocycles. The molecule has 1 nitrogen and oxygen atoms in total. The van der Waals surface area contributed by atoms with Crippen molar-refractivity contribution in [3.63, 3.8) is 0 Å². The van der Waals surface area contributed by atoms with E-state index in [0.29, 0.717) is 0 Å². The van der Waals surface area contributed by atoms with Gasteiger partial charge in [-0.05, 0) is 12.8 Å². The lowest BCUT2D eigenvalue weighted by Gasteiger charge is -2.02. The van der Waals surface area contributed by atoms with Crippen LogP contribution < -0.4 is 0 Å². The highest BCUT2D eigenvalue weighted by Crippen LogP contribution is 2.12. The van der Waals surface area contributed by atoms with Crippen molar-refractivity contribution >= 4 is 0 Å². The van der Waals surface area contributed by atoms with Crippen LogP contribution in [-0.2, 0) is 0 Å². The van der Waals surface area contributed by atoms with Crippen molar-refractivity contribution in [1.82, 2.24) is 0 Å². The molecule has 0 aliphatic rings. The molecule has 0 aromatic rings. The van der Waals surface area contributed by atoms with Crippen LogP contribution in [-0.4, -0.2) is 5.11 Å². The number of aliphatic hydroxyl groups excluding tert-OH is 1. The molecule has 0 fully saturated rings. The van der Waals surface area contributed by atoms with E-state index in [4.69, 9.17) is 5.11 Å². The molecule has 0 aliphatic heterocycles. The maximum Gasteiger partial charge on any atom is 0.0751 e. The first-order chi connectivity index (χ1) is 8.91. The van der Waals surface area contributed by atoms with E-state index in [1.54, 1.807) is 0 Å². The summed E-state index contributed by atoms with van der Waals surface area (Å²) in [5, 5.41) is 8.48. The van der Waals surface area contributed by atoms with Crippen LogP contribution in [0.3, 0.4) is 0 Å². The molecular formula is C17H34O. The van der Waals surface area contributed by atoms with Gasteiger partial charge in [0.15, 0.2) is 0 Å². The second-order valence-electron chi connectivity index (χ2n) is 5.42. The maximum absolute atomic E-state index is 8.48. The highest BCUT2D eigenvalue weighted by molar-refractivity contribution is 4.70. The minimum atomic E-state index is 1.04. The SMILES string of the molecule is CCCCCCCCCCCCCCC/C=C\O. The first-order valence-electron chi connectivity index (χ1n) is 8.21. The van der Waals surface area contributed by atoms with Crippen LogP contribution in [0.1, 0.15) is 96.8 Å². The average Bonchev–Trinajstić information content (AvgIpc) is 2.39. The topological polar surface area (TPSA) is 20.2 Å². The monoisotopic (exact) mass is 254 g/mol. The van der Waals surface area contributed by atoms with Gasteiger partial charge in [-0.3, -0.25) is 0 Å². The molecule has 0 aromatic heterocycles. The van der Waals surface area contributed by atoms with Gasteiger partial charge in [0.25, 0.3) is 0 Å². The Morgan fingerprint density at radius 1 is 0.611 bits per heavy atom. The van der Waals surface area contributed by atoms with Crippen LogP contribution in [0.2, 0.25) is 0 Å². The van der Waals surface area contributed by atoms with Gasteiger partial charge in [0, 0.05) is 0 Å². The molecule has 0 heterocycles. The molecule has 0 amide bonds. The Labute approximate surface area is 115 Å². The normalized spacial score (nSPS) is 11.4. The summed E-state index contributed by atoms with van der Waals surface area (Å²) in [5.41, 5.74) is 0. The van der Waals surface area contributed by atoms with Crippen molar-refractivity contribution in [2.24, 2.45) is 0 Å². The Morgan fingerprint density at radius 2 is 1.00 bits per heavy atom. The molecule has 0 atom stereocenters. The first-order valence-corrected chi connectivity index (χ1v) is 8.21. The third-order valence-corrected chi connectivity index (χ3v) is 3.58. The van der Waals surface area contributed by atoms with Crippen molar-refractivity contribution in [1.29, 1.82) is 0 Å². The molecule has 0 radical (unpaired) electrons. The third-order valence-electron chi connectivity index (χ3n) is 3.58. The van der Waals surface area contributed by atoms with Gasteiger partial charge in [0.05, 0.1) is 6.26 Å². The van der Waals surface area contributed by atoms with Gasteiger partial charge in [0.2, 0.25) is 0 Å². The van der Waals surface area contributed by atoms with E-state index in [1.807, 2.05) is 6.08 Å². The number of unbranched alkanes of at least 4 members (excludes halogenated alkanes) is 13. The molecule has 1 N–H and O–H groups in total. The fourth-order valence-corrected chi connectivity index (χ4v) is 2.35. The Morgan fingerprint density at radius 3 is 1.39 bits per heavy atom. The van der Waals surface area contributed by atoms with Crippen LogP contribution in [0.15, 0.2) is 12.3 Å². The standard InChI is InChI=1S/C17H34O/c1-2-3-4-5-6-7-8-9-10-11-12-13-14-15-16-17-18/h16-18H,2-15H2,1H3/b17-16-. The van der Waals surface area contributed by atoms with E-state index in [2.05, 4.69) is 6.92 Å². The summed E-state index contributed by atoms with van der Waals surface area (Å²) < 4.78 is 0. The van der Waals surface area contributed by atoms with Crippen molar-refractivity contribution in [2.45, 2.75) is 96.8 Å². The summed E-state index contributed by atoms with van der Waals surface area (Å²) in [5.74, 6) is 0. The Balaban J connectivity index is 2.90. The number of rotatable bonds is 14. The Bertz CT molecular complexity index is 163. The molecular weight excluding hydrogens is 220 g/mol. The van der Waals surface area contributed by atoms with Crippen LogP contribution in [0, 0.1) is 0 Å². The van der Waals surface area contributed by atoms with E-state index in [1.165, 1.54) is 89.7 Å². The molecule has 0 saturated heterocycles. The van der Waals surface area contributed by atoms with Crippen molar-refractivity contribution in [3.8, 4) is 0 Å². The predicted octanol–water partition coefficient (Wildman–Crippen LogP) is 6.54. The van der Waals surface area contributed by atoms with Crippen LogP contribution in [0.5, 0.6) is 0 Å². The average molecular weight is 254 g/mol. The number of hydrogen-bond donors (Lipinski definition) is 1. The van der Waals surface area contributed by atoms with Gasteiger partial charge < -0.3 is 5.11 Å². The van der Waals surface area contributed by atoms with Crippen LogP contribution in [0.25, 0.3) is 0 Å². The second-order valence-corrected chi connectivity index (χ2v) is 5.42. The summed E-state index contributed by atoms with van der Waals surface area (Å²) in [6.07, 6.45) is 22.2. The quantitative estimate of drug-likeness (QED) is 0.275. The van der Waals surface area contributed by atoms with Crippen LogP contribution in [0.4, 0.5) is 0 Å². The van der Waals surface area contributed by atoms with E-state index in [-0.39, 0.29) is 0 Å². The van der Waals surface area contributed by atoms with Gasteiger partial charge in [-0.25, -0.2) is 0 Å². The lowest BCUT2D eigenvalue weighted by molar-refractivity contribution is 0.469. The highest BCUT2D eigenvalue weighted by Gasteiger charge is 1.93. The largest absolute Gasteiger partial charge is 0.516 e. The smallest absolute Gasteiger partial charge is 0.0751 e. The molecule has 0 unspecified atom stereocenters. The predicted molar refractivity (Wildman–Crippen MR) is 82.1 cm³/mol. The molecule has 0 saturated carbocycles. The second kappa shape index (κ2) is 16.5. The van der Waals surface area contributed by atoms with Gasteiger partial charge in [0.1, 0.15) is 0 Å². The fourth-order valence-electron chi connectivity index (χ4n) is 2.35. The zero-order valence-electron chi connectivity index (χ0n) is 12.5. The van der Waals surface area contributed by atoms with Gasteiger partial charge in [-0.1, -0.05) is 90.0 Å². The zero-order valence-corrected chi connectivity index (χ0v) is 12.5. The molecule has 0 aliphatic carbocycles. The molecule has 108 valence electrons. The van der Waals surface area contributed by atoms with Gasteiger partial charge in [-0.2, -0.15) is 0 Å². The zero-order chi connectivity index (χ0) is 13.3. The van der Waals surface area contributed by atoms with Crippen molar-refractivity contribution in [2.75, 3.05) is 0 Å². The van der Waals surface area contributed by atoms with E-state index >= 15 is 0 Å². The summed E-state index contributed by atoms with van der Waals surface area (Å²) in [6.45, 7) is 2.28. The van der Waals surface area contributed by atoms with E-state index < -0.39 is 0 Å². The molecule has 0 bridgehead atoms. The number of hydrogen-bond acceptors (Lipinski definition) is 1. The summed E-state index contributed by atoms with van der Waals surface area (Å²) >= 11 is 0. The van der Waals surface area contributed by atoms with Gasteiger partial charge in [-0.15, -0.1) is 0 Å². The van der Waals surface area contributed by atoms with E-state index in [9.17, 15) is 0 Å². The number of allylic oxidation sites excluding steroid dienone is 1. The fraction of sp³-hybridized carbons (Fsp3) is 0.882. The lowest BCUT2D eigenvalue weighted by atomic mass is 10.0.